The minimum absolute atomic E-state index is 0.00261. The maximum absolute atomic E-state index is 12.9. The van der Waals surface area contributed by atoms with E-state index in [0.717, 1.165) is 5.56 Å². The summed E-state index contributed by atoms with van der Waals surface area (Å²) < 4.78 is 27.0. The van der Waals surface area contributed by atoms with E-state index in [1.807, 2.05) is 29.2 Å². The van der Waals surface area contributed by atoms with E-state index in [4.69, 9.17) is 0 Å². The molecular weight excluding hydrogens is 311 g/mol. The lowest BCUT2D eigenvalue weighted by atomic mass is 10.2. The van der Waals surface area contributed by atoms with Gasteiger partial charge in [-0.3, -0.25) is 4.90 Å². The summed E-state index contributed by atoms with van der Waals surface area (Å²) in [7, 11) is 0. The van der Waals surface area contributed by atoms with Gasteiger partial charge >= 0.3 is 0 Å². The summed E-state index contributed by atoms with van der Waals surface area (Å²) in [5, 5.41) is 0. The third kappa shape index (κ3) is 3.11. The number of likely N-dealkylation sites (tertiary alicyclic amines) is 1. The topological polar surface area (TPSA) is 3.24 Å². The fourth-order valence-electron chi connectivity index (χ4n) is 1.79. The third-order valence-corrected chi connectivity index (χ3v) is 3.29. The molecule has 1 nitrogen and oxygen atoms in total. The predicted molar refractivity (Wildman–Crippen MR) is 64.0 cm³/mol. The maximum atomic E-state index is 12.9. The van der Waals surface area contributed by atoms with Crippen LogP contribution in [0.3, 0.4) is 0 Å². The molecule has 0 saturated carbocycles. The zero-order valence-corrected chi connectivity index (χ0v) is 10.4. The minimum atomic E-state index is -2.48. The van der Waals surface area contributed by atoms with Gasteiger partial charge in [0, 0.05) is 23.1 Å². The van der Waals surface area contributed by atoms with Crippen LogP contribution in [0.4, 0.5) is 8.78 Å². The largest absolute Gasteiger partial charge is 0.293 e. The van der Waals surface area contributed by atoms with Crippen LogP contribution in [0.2, 0.25) is 0 Å². The first-order valence-corrected chi connectivity index (χ1v) is 5.98. The van der Waals surface area contributed by atoms with Crippen molar-refractivity contribution in [3.05, 3.63) is 33.4 Å². The molecule has 1 aliphatic heterocycles. The van der Waals surface area contributed by atoms with Crippen LogP contribution in [0.5, 0.6) is 0 Å². The van der Waals surface area contributed by atoms with Gasteiger partial charge in [-0.1, -0.05) is 12.1 Å². The lowest BCUT2D eigenvalue weighted by Gasteiger charge is -2.15. The lowest BCUT2D eigenvalue weighted by Crippen LogP contribution is -2.24. The number of nitrogens with zero attached hydrogens (tertiary/aromatic N) is 1. The molecule has 1 saturated heterocycles. The molecule has 0 unspecified atom stereocenters. The summed E-state index contributed by atoms with van der Waals surface area (Å²) in [5.41, 5.74) is 1.10. The predicted octanol–water partition coefficient (Wildman–Crippen LogP) is 3.13. The first-order valence-electron chi connectivity index (χ1n) is 4.90. The van der Waals surface area contributed by atoms with Gasteiger partial charge in [0.05, 0.1) is 6.54 Å². The molecule has 0 atom stereocenters. The van der Waals surface area contributed by atoms with Crippen molar-refractivity contribution >= 4 is 22.6 Å². The highest BCUT2D eigenvalue weighted by molar-refractivity contribution is 14.1. The van der Waals surface area contributed by atoms with E-state index in [0.29, 0.717) is 13.1 Å². The van der Waals surface area contributed by atoms with Crippen LogP contribution in [0.25, 0.3) is 0 Å². The van der Waals surface area contributed by atoms with Crippen molar-refractivity contribution in [2.45, 2.75) is 18.9 Å². The average molecular weight is 323 g/mol. The van der Waals surface area contributed by atoms with E-state index in [1.54, 1.807) is 0 Å². The molecule has 1 fully saturated rings. The molecule has 0 aliphatic carbocycles. The Morgan fingerprint density at radius 1 is 1.27 bits per heavy atom. The van der Waals surface area contributed by atoms with Gasteiger partial charge in [0.1, 0.15) is 0 Å². The van der Waals surface area contributed by atoms with Gasteiger partial charge in [-0.25, -0.2) is 8.78 Å². The Kier molecular flexibility index (Phi) is 3.25. The van der Waals surface area contributed by atoms with Crippen LogP contribution in [-0.2, 0) is 6.54 Å². The van der Waals surface area contributed by atoms with E-state index in [9.17, 15) is 8.78 Å². The Morgan fingerprint density at radius 2 is 1.93 bits per heavy atom. The molecule has 82 valence electrons. The molecule has 1 aromatic carbocycles. The molecule has 2 rings (SSSR count). The normalized spacial score (nSPS) is 20.7. The van der Waals surface area contributed by atoms with Gasteiger partial charge in [0.25, 0.3) is 5.92 Å². The highest BCUT2D eigenvalue weighted by Crippen LogP contribution is 2.27. The van der Waals surface area contributed by atoms with Gasteiger partial charge < -0.3 is 0 Å². The number of halogens is 3. The highest BCUT2D eigenvalue weighted by Gasteiger charge is 2.37. The summed E-state index contributed by atoms with van der Waals surface area (Å²) in [5.74, 6) is -2.48. The SMILES string of the molecule is FC1(F)CCN(Cc2ccc(I)cc2)C1. The molecule has 0 aromatic heterocycles. The van der Waals surface area contributed by atoms with E-state index in [2.05, 4.69) is 22.6 Å². The second kappa shape index (κ2) is 4.33. The summed E-state index contributed by atoms with van der Waals surface area (Å²) in [6, 6.07) is 8.00. The minimum Gasteiger partial charge on any atom is -0.293 e. The van der Waals surface area contributed by atoms with E-state index < -0.39 is 5.92 Å². The highest BCUT2D eigenvalue weighted by atomic mass is 127. The molecule has 0 radical (unpaired) electrons. The Morgan fingerprint density at radius 3 is 2.47 bits per heavy atom. The fraction of sp³-hybridized carbons (Fsp3) is 0.455. The molecular formula is C11H12F2IN. The van der Waals surface area contributed by atoms with E-state index in [-0.39, 0.29) is 13.0 Å². The molecule has 4 heteroatoms. The molecule has 0 spiro atoms. The van der Waals surface area contributed by atoms with E-state index in [1.165, 1.54) is 3.57 Å². The van der Waals surface area contributed by atoms with Gasteiger partial charge in [0.15, 0.2) is 0 Å². The maximum Gasteiger partial charge on any atom is 0.261 e. The second-order valence-corrected chi connectivity index (χ2v) is 5.19. The van der Waals surface area contributed by atoms with Gasteiger partial charge in [0.2, 0.25) is 0 Å². The van der Waals surface area contributed by atoms with Crippen LogP contribution in [0, 0.1) is 3.57 Å². The van der Waals surface area contributed by atoms with Crippen molar-refractivity contribution < 1.29 is 8.78 Å². The summed E-state index contributed by atoms with van der Waals surface area (Å²) in [6.07, 6.45) is -0.00261. The first kappa shape index (κ1) is 11.3. The van der Waals surface area contributed by atoms with Crippen molar-refractivity contribution in [1.29, 1.82) is 0 Å². The van der Waals surface area contributed by atoms with Crippen molar-refractivity contribution in [1.82, 2.24) is 4.90 Å². The van der Waals surface area contributed by atoms with E-state index >= 15 is 0 Å². The molecule has 1 aromatic rings. The molecule has 0 amide bonds. The van der Waals surface area contributed by atoms with Crippen LogP contribution in [-0.4, -0.2) is 23.9 Å². The average Bonchev–Trinajstić information content (AvgIpc) is 2.50. The summed E-state index contributed by atoms with van der Waals surface area (Å²) in [4.78, 5) is 1.81. The standard InChI is InChI=1S/C11H12F2IN/c12-11(13)5-6-15(8-11)7-9-1-3-10(14)4-2-9/h1-4H,5-8H2. The monoisotopic (exact) mass is 323 g/mol. The molecule has 1 aliphatic rings. The fourth-order valence-corrected chi connectivity index (χ4v) is 2.15. The van der Waals surface area contributed by atoms with Crippen LogP contribution in [0.1, 0.15) is 12.0 Å². The van der Waals surface area contributed by atoms with Crippen LogP contribution in [0.15, 0.2) is 24.3 Å². The summed E-state index contributed by atoms with van der Waals surface area (Å²) in [6.45, 7) is 1.03. The number of hydrogen-bond acceptors (Lipinski definition) is 1. The van der Waals surface area contributed by atoms with Crippen LogP contribution >= 0.6 is 22.6 Å². The second-order valence-electron chi connectivity index (χ2n) is 3.94. The number of benzene rings is 1. The number of alkyl halides is 2. The Balaban J connectivity index is 1.96. The van der Waals surface area contributed by atoms with Crippen LogP contribution < -0.4 is 0 Å². The Hall–Kier alpha value is -0.230. The number of rotatable bonds is 2. The lowest BCUT2D eigenvalue weighted by molar-refractivity contribution is 0.0115. The third-order valence-electron chi connectivity index (χ3n) is 2.57. The molecule has 15 heavy (non-hydrogen) atoms. The zero-order valence-electron chi connectivity index (χ0n) is 8.22. The molecule has 1 heterocycles. The zero-order chi connectivity index (χ0) is 10.9. The van der Waals surface area contributed by atoms with Crippen molar-refractivity contribution in [3.8, 4) is 0 Å². The molecule has 0 bridgehead atoms. The van der Waals surface area contributed by atoms with Gasteiger partial charge in [-0.15, -0.1) is 0 Å². The van der Waals surface area contributed by atoms with Gasteiger partial charge in [-0.2, -0.15) is 0 Å². The number of hydrogen-bond donors (Lipinski definition) is 0. The summed E-state index contributed by atoms with van der Waals surface area (Å²) >= 11 is 2.23. The van der Waals surface area contributed by atoms with Crippen molar-refractivity contribution in [2.24, 2.45) is 0 Å². The van der Waals surface area contributed by atoms with Gasteiger partial charge in [-0.05, 0) is 40.3 Å². The quantitative estimate of drug-likeness (QED) is 0.756. The van der Waals surface area contributed by atoms with Crippen molar-refractivity contribution in [3.63, 3.8) is 0 Å². The smallest absolute Gasteiger partial charge is 0.261 e. The molecule has 0 N–H and O–H groups in total. The van der Waals surface area contributed by atoms with Crippen molar-refractivity contribution in [2.75, 3.05) is 13.1 Å². The Bertz CT molecular complexity index is 337. The Labute approximate surface area is 102 Å². The first-order chi connectivity index (χ1) is 7.05.